The number of thiophene rings is 1. The lowest BCUT2D eigenvalue weighted by atomic mass is 9.86. The summed E-state index contributed by atoms with van der Waals surface area (Å²) >= 11 is 1.67. The van der Waals surface area contributed by atoms with Gasteiger partial charge in [0.2, 0.25) is 0 Å². The Morgan fingerprint density at radius 1 is 1.27 bits per heavy atom. The predicted molar refractivity (Wildman–Crippen MR) is 64.7 cm³/mol. The van der Waals surface area contributed by atoms with Gasteiger partial charge in [0.1, 0.15) is 0 Å². The standard InChI is InChI=1S/C13H18OS/c1-9-8-12(15-10(9)2)13(14)11-6-4-3-5-7-11/h8,11H,3-7H2,1-2H3. The minimum atomic E-state index is 0.316. The zero-order valence-electron chi connectivity index (χ0n) is 9.51. The van der Waals surface area contributed by atoms with Crippen molar-refractivity contribution in [1.82, 2.24) is 0 Å². The Bertz CT molecular complexity index is 339. The third-order valence-corrected chi connectivity index (χ3v) is 4.55. The topological polar surface area (TPSA) is 17.1 Å². The van der Waals surface area contributed by atoms with Gasteiger partial charge in [-0.3, -0.25) is 4.79 Å². The zero-order chi connectivity index (χ0) is 10.8. The minimum absolute atomic E-state index is 0.316. The first-order valence-corrected chi connectivity index (χ1v) is 6.61. The molecule has 0 spiro atoms. The highest BCUT2D eigenvalue weighted by Gasteiger charge is 2.23. The van der Waals surface area contributed by atoms with Crippen LogP contribution in [0.15, 0.2) is 6.07 Å². The Morgan fingerprint density at radius 2 is 1.93 bits per heavy atom. The number of Topliss-reactive ketones (excluding diaryl/α,β-unsaturated/α-hetero) is 1. The maximum Gasteiger partial charge on any atom is 0.175 e. The molecule has 1 aliphatic rings. The first-order chi connectivity index (χ1) is 7.18. The molecule has 2 rings (SSSR count). The molecule has 2 heteroatoms. The van der Waals surface area contributed by atoms with Gasteiger partial charge in [-0.2, -0.15) is 0 Å². The van der Waals surface area contributed by atoms with E-state index >= 15 is 0 Å². The third-order valence-electron chi connectivity index (χ3n) is 3.38. The van der Waals surface area contributed by atoms with E-state index in [1.54, 1.807) is 11.3 Å². The van der Waals surface area contributed by atoms with E-state index in [0.29, 0.717) is 11.7 Å². The zero-order valence-corrected chi connectivity index (χ0v) is 10.3. The van der Waals surface area contributed by atoms with Gasteiger partial charge < -0.3 is 0 Å². The summed E-state index contributed by atoms with van der Waals surface area (Å²) in [6, 6.07) is 2.07. The normalized spacial score (nSPS) is 18.0. The van der Waals surface area contributed by atoms with Gasteiger partial charge >= 0.3 is 0 Å². The highest BCUT2D eigenvalue weighted by Crippen LogP contribution is 2.30. The molecule has 1 heterocycles. The van der Waals surface area contributed by atoms with Gasteiger partial charge in [0.25, 0.3) is 0 Å². The predicted octanol–water partition coefficient (Wildman–Crippen LogP) is 4.13. The monoisotopic (exact) mass is 222 g/mol. The highest BCUT2D eigenvalue weighted by atomic mass is 32.1. The molecule has 0 unspecified atom stereocenters. The van der Waals surface area contributed by atoms with Crippen molar-refractivity contribution in [2.75, 3.05) is 0 Å². The van der Waals surface area contributed by atoms with Crippen LogP contribution in [-0.2, 0) is 0 Å². The van der Waals surface area contributed by atoms with Gasteiger partial charge in [0, 0.05) is 10.8 Å². The van der Waals surface area contributed by atoms with Crippen molar-refractivity contribution in [2.45, 2.75) is 46.0 Å². The molecule has 0 bridgehead atoms. The van der Waals surface area contributed by atoms with Crippen LogP contribution in [-0.4, -0.2) is 5.78 Å². The van der Waals surface area contributed by atoms with Crippen LogP contribution in [0.2, 0.25) is 0 Å². The molecule has 15 heavy (non-hydrogen) atoms. The second-order valence-corrected chi connectivity index (χ2v) is 5.81. The molecule has 0 N–H and O–H groups in total. The molecule has 1 saturated carbocycles. The van der Waals surface area contributed by atoms with Gasteiger partial charge in [-0.1, -0.05) is 19.3 Å². The van der Waals surface area contributed by atoms with E-state index in [2.05, 4.69) is 19.9 Å². The van der Waals surface area contributed by atoms with Crippen LogP contribution in [0.4, 0.5) is 0 Å². The average molecular weight is 222 g/mol. The minimum Gasteiger partial charge on any atom is -0.293 e. The second-order valence-electron chi connectivity index (χ2n) is 4.55. The second kappa shape index (κ2) is 4.48. The Hall–Kier alpha value is -0.630. The lowest BCUT2D eigenvalue weighted by molar-refractivity contribution is 0.0894. The molecular formula is C13H18OS. The SMILES string of the molecule is Cc1cc(C(=O)C2CCCCC2)sc1C. The van der Waals surface area contributed by atoms with Crippen molar-refractivity contribution in [3.05, 3.63) is 21.4 Å². The summed E-state index contributed by atoms with van der Waals surface area (Å²) in [5.41, 5.74) is 1.26. The summed E-state index contributed by atoms with van der Waals surface area (Å²) in [6.07, 6.45) is 6.00. The Kier molecular flexibility index (Phi) is 3.25. The molecule has 0 amide bonds. The summed E-state index contributed by atoms with van der Waals surface area (Å²) in [7, 11) is 0. The fourth-order valence-electron chi connectivity index (χ4n) is 2.26. The molecule has 1 fully saturated rings. The maximum absolute atomic E-state index is 12.2. The number of carbonyl (C=O) groups excluding carboxylic acids is 1. The van der Waals surface area contributed by atoms with E-state index in [1.165, 1.54) is 29.7 Å². The highest BCUT2D eigenvalue weighted by molar-refractivity contribution is 7.14. The van der Waals surface area contributed by atoms with Crippen molar-refractivity contribution in [2.24, 2.45) is 5.92 Å². The van der Waals surface area contributed by atoms with Crippen LogP contribution in [0, 0.1) is 19.8 Å². The summed E-state index contributed by atoms with van der Waals surface area (Å²) in [5.74, 6) is 0.715. The fourth-order valence-corrected chi connectivity index (χ4v) is 3.31. The summed E-state index contributed by atoms with van der Waals surface area (Å²) in [6.45, 7) is 4.18. The number of aryl methyl sites for hydroxylation is 2. The third kappa shape index (κ3) is 2.31. The Morgan fingerprint density at radius 3 is 2.47 bits per heavy atom. The smallest absolute Gasteiger partial charge is 0.175 e. The van der Waals surface area contributed by atoms with Gasteiger partial charge in [0.15, 0.2) is 5.78 Å². The van der Waals surface area contributed by atoms with E-state index in [4.69, 9.17) is 0 Å². The molecule has 0 saturated heterocycles. The van der Waals surface area contributed by atoms with Crippen LogP contribution in [0.1, 0.15) is 52.2 Å². The lowest BCUT2D eigenvalue weighted by Gasteiger charge is -2.19. The van der Waals surface area contributed by atoms with Crippen molar-refractivity contribution >= 4 is 17.1 Å². The fraction of sp³-hybridized carbons (Fsp3) is 0.615. The molecule has 1 nitrogen and oxygen atoms in total. The van der Waals surface area contributed by atoms with Crippen LogP contribution in [0.3, 0.4) is 0 Å². The van der Waals surface area contributed by atoms with E-state index in [9.17, 15) is 4.79 Å². The van der Waals surface area contributed by atoms with Gasteiger partial charge in [0.05, 0.1) is 4.88 Å². The van der Waals surface area contributed by atoms with Gasteiger partial charge in [-0.05, 0) is 38.3 Å². The van der Waals surface area contributed by atoms with E-state index in [1.807, 2.05) is 0 Å². The van der Waals surface area contributed by atoms with Crippen molar-refractivity contribution in [3.63, 3.8) is 0 Å². The van der Waals surface area contributed by atoms with E-state index in [-0.39, 0.29) is 0 Å². The van der Waals surface area contributed by atoms with E-state index < -0.39 is 0 Å². The number of ketones is 1. The van der Waals surface area contributed by atoms with Crippen LogP contribution >= 0.6 is 11.3 Å². The van der Waals surface area contributed by atoms with Gasteiger partial charge in [-0.25, -0.2) is 0 Å². The lowest BCUT2D eigenvalue weighted by Crippen LogP contribution is -2.16. The quantitative estimate of drug-likeness (QED) is 0.688. The van der Waals surface area contributed by atoms with Crippen molar-refractivity contribution in [3.8, 4) is 0 Å². The number of rotatable bonds is 2. The van der Waals surface area contributed by atoms with Crippen LogP contribution < -0.4 is 0 Å². The van der Waals surface area contributed by atoms with Crippen LogP contribution in [0.5, 0.6) is 0 Å². The average Bonchev–Trinajstić information content (AvgIpc) is 2.59. The maximum atomic E-state index is 12.2. The number of hydrogen-bond acceptors (Lipinski definition) is 2. The van der Waals surface area contributed by atoms with Crippen LogP contribution in [0.25, 0.3) is 0 Å². The van der Waals surface area contributed by atoms with Crippen molar-refractivity contribution < 1.29 is 4.79 Å². The van der Waals surface area contributed by atoms with Crippen molar-refractivity contribution in [1.29, 1.82) is 0 Å². The summed E-state index contributed by atoms with van der Waals surface area (Å²) in [5, 5.41) is 0. The molecule has 0 aromatic carbocycles. The molecule has 1 aromatic rings. The Labute approximate surface area is 95.5 Å². The molecule has 1 aromatic heterocycles. The number of carbonyl (C=O) groups is 1. The first-order valence-electron chi connectivity index (χ1n) is 5.79. The first kappa shape index (κ1) is 10.9. The molecule has 1 aliphatic carbocycles. The summed E-state index contributed by atoms with van der Waals surface area (Å²) < 4.78 is 0. The largest absolute Gasteiger partial charge is 0.293 e. The molecule has 82 valence electrons. The summed E-state index contributed by atoms with van der Waals surface area (Å²) in [4.78, 5) is 14.4. The Balaban J connectivity index is 2.12. The molecule has 0 atom stereocenters. The number of hydrogen-bond donors (Lipinski definition) is 0. The molecular weight excluding hydrogens is 204 g/mol. The molecule has 0 aliphatic heterocycles. The van der Waals surface area contributed by atoms with E-state index in [0.717, 1.165) is 17.7 Å². The van der Waals surface area contributed by atoms with Gasteiger partial charge in [-0.15, -0.1) is 11.3 Å². The molecule has 0 radical (unpaired) electrons.